The van der Waals surface area contributed by atoms with Crippen LogP contribution in [0.2, 0.25) is 0 Å². The van der Waals surface area contributed by atoms with Crippen molar-refractivity contribution in [3.05, 3.63) is 18.2 Å². The first-order valence-corrected chi connectivity index (χ1v) is 8.39. The molecule has 0 radical (unpaired) electrons. The average Bonchev–Trinajstić information content (AvgIpc) is 3.14. The van der Waals surface area contributed by atoms with Gasteiger partial charge < -0.3 is 14.8 Å². The smallest absolute Gasteiger partial charge is 0.393 e. The fourth-order valence-electron chi connectivity index (χ4n) is 2.29. The van der Waals surface area contributed by atoms with Crippen molar-refractivity contribution < 1.29 is 75.7 Å². The topological polar surface area (TPSA) is 47.6 Å². The van der Waals surface area contributed by atoms with E-state index in [2.05, 4.69) is 11.6 Å². The van der Waals surface area contributed by atoms with E-state index in [-0.39, 0.29) is 11.5 Å². The minimum absolute atomic E-state index is 0.0690. The highest BCUT2D eigenvalue weighted by atomic mass is 35.5. The summed E-state index contributed by atoms with van der Waals surface area (Å²) in [7, 11) is 0. The van der Waals surface area contributed by atoms with Crippen molar-refractivity contribution in [1.82, 2.24) is 0 Å². The van der Waals surface area contributed by atoms with Crippen LogP contribution in [0.4, 0.5) is 67.2 Å². The Labute approximate surface area is 182 Å². The first-order chi connectivity index (χ1) is 15.0. The molecule has 1 aliphatic rings. The van der Waals surface area contributed by atoms with Crippen LogP contribution >= 0.6 is 11.6 Å². The number of hydrogen-bond acceptors (Lipinski definition) is 3. The van der Waals surface area contributed by atoms with Crippen LogP contribution < -0.4 is 14.8 Å². The first-order valence-electron chi connectivity index (χ1n) is 8.01. The van der Waals surface area contributed by atoms with Gasteiger partial charge in [-0.05, 0) is 23.7 Å². The van der Waals surface area contributed by atoms with E-state index >= 15 is 0 Å². The van der Waals surface area contributed by atoms with Crippen LogP contribution in [0.25, 0.3) is 0 Å². The summed E-state index contributed by atoms with van der Waals surface area (Å²) in [6, 6.07) is 2.13. The number of hydrogen-bond donors (Lipinski definition) is 1. The Morgan fingerprint density at radius 1 is 0.706 bits per heavy atom. The number of carbonyl (C=O) groups excluding carboxylic acids is 1. The second-order valence-electron chi connectivity index (χ2n) is 6.47. The zero-order chi connectivity index (χ0) is 26.8. The lowest BCUT2D eigenvalue weighted by Crippen LogP contribution is -2.73. The van der Waals surface area contributed by atoms with Crippen molar-refractivity contribution in [1.29, 1.82) is 0 Å². The van der Waals surface area contributed by atoms with E-state index in [0.29, 0.717) is 12.1 Å². The molecule has 0 aromatic heterocycles. The number of rotatable bonds is 8. The molecule has 1 aliphatic heterocycles. The van der Waals surface area contributed by atoms with Gasteiger partial charge in [-0.3, -0.25) is 4.79 Å². The standard InChI is InChI=1S/C15H6ClF14NO3/c16-15(29,30)14(27,28)13(25,26)12(23,24)11(21,22)10(19,20)9(17,18)8(32)31-5-1-2-6-7(3-5)34-4-33-6/h1-3H,4H2,(H,31,32). The molecule has 0 saturated carbocycles. The Balaban J connectivity index is 2.45. The molecule has 1 amide bonds. The third kappa shape index (κ3) is 3.73. The molecule has 0 aliphatic carbocycles. The van der Waals surface area contributed by atoms with Crippen molar-refractivity contribution in [2.45, 2.75) is 40.9 Å². The maximum absolute atomic E-state index is 13.9. The predicted molar refractivity (Wildman–Crippen MR) is 81.7 cm³/mol. The van der Waals surface area contributed by atoms with Gasteiger partial charge in [0.2, 0.25) is 6.79 Å². The Kier molecular flexibility index (Phi) is 6.39. The van der Waals surface area contributed by atoms with Crippen LogP contribution in [0.15, 0.2) is 18.2 Å². The maximum atomic E-state index is 13.9. The first kappa shape index (κ1) is 27.8. The highest BCUT2D eigenvalue weighted by Gasteiger charge is 2.93. The predicted octanol–water partition coefficient (Wildman–Crippen LogP) is 6.00. The van der Waals surface area contributed by atoms with Gasteiger partial charge in [-0.25, -0.2) is 0 Å². The van der Waals surface area contributed by atoms with E-state index in [1.807, 2.05) is 0 Å². The fraction of sp³-hybridized carbons (Fsp3) is 0.533. The van der Waals surface area contributed by atoms with Gasteiger partial charge >= 0.3 is 46.8 Å². The van der Waals surface area contributed by atoms with Crippen molar-refractivity contribution in [2.75, 3.05) is 12.1 Å². The van der Waals surface area contributed by atoms with Crippen LogP contribution in [0.5, 0.6) is 11.5 Å². The normalized spacial score (nSPS) is 16.0. The number of nitrogens with one attached hydrogen (secondary N) is 1. The maximum Gasteiger partial charge on any atom is 0.393 e. The van der Waals surface area contributed by atoms with Crippen molar-refractivity contribution in [3.8, 4) is 11.5 Å². The third-order valence-electron chi connectivity index (χ3n) is 4.24. The Morgan fingerprint density at radius 2 is 1.15 bits per heavy atom. The zero-order valence-electron chi connectivity index (χ0n) is 15.3. The second-order valence-corrected chi connectivity index (χ2v) is 6.94. The molecular formula is C15H6ClF14NO3. The van der Waals surface area contributed by atoms with Crippen LogP contribution in [0.3, 0.4) is 0 Å². The van der Waals surface area contributed by atoms with Gasteiger partial charge in [0.05, 0.1) is 0 Å². The Morgan fingerprint density at radius 3 is 1.65 bits per heavy atom. The molecule has 1 aromatic rings. The average molecular weight is 550 g/mol. The molecule has 2 rings (SSSR count). The molecule has 4 nitrogen and oxygen atoms in total. The second kappa shape index (κ2) is 7.81. The lowest BCUT2D eigenvalue weighted by atomic mass is 9.91. The Bertz CT molecular complexity index is 962. The molecule has 0 saturated heterocycles. The molecule has 34 heavy (non-hydrogen) atoms. The molecule has 194 valence electrons. The van der Waals surface area contributed by atoms with Crippen LogP contribution in [-0.2, 0) is 4.79 Å². The largest absolute Gasteiger partial charge is 0.454 e. The third-order valence-corrected chi connectivity index (χ3v) is 4.48. The van der Waals surface area contributed by atoms with Gasteiger partial charge in [0, 0.05) is 11.8 Å². The van der Waals surface area contributed by atoms with E-state index in [0.717, 1.165) is 11.4 Å². The fourth-order valence-corrected chi connectivity index (χ4v) is 2.41. The molecule has 0 atom stereocenters. The van der Waals surface area contributed by atoms with Gasteiger partial charge in [0.25, 0.3) is 0 Å². The number of amides is 1. The quantitative estimate of drug-likeness (QED) is 0.320. The number of anilines is 1. The van der Waals surface area contributed by atoms with Gasteiger partial charge in [0.1, 0.15) is 0 Å². The lowest BCUT2D eigenvalue weighted by molar-refractivity contribution is -0.431. The molecule has 1 aromatic carbocycles. The number of benzene rings is 1. The van der Waals surface area contributed by atoms with Gasteiger partial charge in [-0.1, -0.05) is 0 Å². The van der Waals surface area contributed by atoms with E-state index in [1.165, 1.54) is 0 Å². The van der Waals surface area contributed by atoms with Crippen molar-refractivity contribution in [2.24, 2.45) is 0 Å². The summed E-state index contributed by atoms with van der Waals surface area (Å²) in [6.45, 7) is -0.428. The molecule has 0 bridgehead atoms. The highest BCUT2D eigenvalue weighted by Crippen LogP contribution is 2.62. The summed E-state index contributed by atoms with van der Waals surface area (Å²) >= 11 is 3.49. The number of carbonyl (C=O) groups is 1. The van der Waals surface area contributed by atoms with E-state index in [4.69, 9.17) is 9.47 Å². The van der Waals surface area contributed by atoms with Crippen LogP contribution in [0.1, 0.15) is 0 Å². The monoisotopic (exact) mass is 549 g/mol. The number of halogens is 15. The van der Waals surface area contributed by atoms with Crippen LogP contribution in [0, 0.1) is 0 Å². The summed E-state index contributed by atoms with van der Waals surface area (Å²) in [5.74, 6) is -51.1. The van der Waals surface area contributed by atoms with Crippen molar-refractivity contribution >= 4 is 23.2 Å². The summed E-state index contributed by atoms with van der Waals surface area (Å²) in [6.07, 6.45) is 0. The molecular weight excluding hydrogens is 544 g/mol. The molecule has 0 unspecified atom stereocenters. The molecule has 19 heteroatoms. The molecule has 1 heterocycles. The van der Waals surface area contributed by atoms with Crippen molar-refractivity contribution in [3.63, 3.8) is 0 Å². The summed E-state index contributed by atoms with van der Waals surface area (Å²) in [5, 5.41) is -5.86. The zero-order valence-corrected chi connectivity index (χ0v) is 16.1. The van der Waals surface area contributed by atoms with E-state index in [9.17, 15) is 66.3 Å². The number of ether oxygens (including phenoxy) is 2. The minimum atomic E-state index is -8.31. The highest BCUT2D eigenvalue weighted by molar-refractivity contribution is 6.22. The van der Waals surface area contributed by atoms with Gasteiger partial charge in [-0.15, -0.1) is 0 Å². The summed E-state index contributed by atoms with van der Waals surface area (Å²) in [4.78, 5) is 11.5. The number of fused-ring (bicyclic) bond motifs is 1. The SMILES string of the molecule is O=C(Nc1ccc2c(c1)OCO2)C(F)(F)C(F)(F)C(F)(F)C(F)(F)C(F)(F)C(F)(F)C(F)(F)Cl. The molecule has 0 fully saturated rings. The Hall–Kier alpha value is -2.40. The van der Waals surface area contributed by atoms with Crippen LogP contribution in [-0.4, -0.2) is 53.6 Å². The molecule has 0 spiro atoms. The number of alkyl halides is 15. The van der Waals surface area contributed by atoms with Gasteiger partial charge in [0.15, 0.2) is 11.5 Å². The van der Waals surface area contributed by atoms with E-state index in [1.54, 1.807) is 0 Å². The minimum Gasteiger partial charge on any atom is -0.454 e. The lowest BCUT2D eigenvalue weighted by Gasteiger charge is -2.41. The van der Waals surface area contributed by atoms with Gasteiger partial charge in [-0.2, -0.15) is 61.5 Å². The molecule has 1 N–H and O–H groups in total. The van der Waals surface area contributed by atoms with E-state index < -0.39 is 59.3 Å². The summed E-state index contributed by atoms with van der Waals surface area (Å²) in [5.41, 5.74) is -0.904. The summed E-state index contributed by atoms with van der Waals surface area (Å²) < 4.78 is 197.